The van der Waals surface area contributed by atoms with Crippen molar-refractivity contribution < 1.29 is 9.90 Å². The van der Waals surface area contributed by atoms with Gasteiger partial charge in [0.2, 0.25) is 5.91 Å². The molecular weight excluding hydrogens is 262 g/mol. The molecule has 0 aromatic heterocycles. The van der Waals surface area contributed by atoms with Crippen LogP contribution in [0.3, 0.4) is 0 Å². The van der Waals surface area contributed by atoms with E-state index in [1.807, 2.05) is 38.1 Å². The molecule has 1 fully saturated rings. The summed E-state index contributed by atoms with van der Waals surface area (Å²) in [5.74, 6) is -0.0730. The van der Waals surface area contributed by atoms with Gasteiger partial charge in [0, 0.05) is 5.56 Å². The fourth-order valence-corrected chi connectivity index (χ4v) is 3.00. The van der Waals surface area contributed by atoms with Gasteiger partial charge in [-0.05, 0) is 55.7 Å². The Balaban J connectivity index is 2.27. The Hall–Kier alpha value is -1.87. The van der Waals surface area contributed by atoms with Crippen LogP contribution >= 0.6 is 0 Å². The second-order valence-electron chi connectivity index (χ2n) is 5.92. The lowest BCUT2D eigenvalue weighted by atomic mass is 9.93. The number of allylic oxidation sites excluding steroid dienone is 2. The van der Waals surface area contributed by atoms with Gasteiger partial charge in [-0.15, -0.1) is 0 Å². The molecule has 0 saturated heterocycles. The molecule has 0 heterocycles. The topological polar surface area (TPSA) is 63.3 Å². The van der Waals surface area contributed by atoms with Crippen molar-refractivity contribution in [3.8, 4) is 0 Å². The molecule has 1 aliphatic rings. The van der Waals surface area contributed by atoms with Crippen LogP contribution in [0.2, 0.25) is 0 Å². The van der Waals surface area contributed by atoms with Crippen molar-refractivity contribution in [3.05, 3.63) is 52.6 Å². The number of aliphatic hydroxyl groups excluding tert-OH is 1. The van der Waals surface area contributed by atoms with Gasteiger partial charge in [0.15, 0.2) is 0 Å². The first kappa shape index (κ1) is 15.5. The number of carbonyl (C=O) groups excluding carboxylic acids is 1. The first-order chi connectivity index (χ1) is 9.90. The van der Waals surface area contributed by atoms with Gasteiger partial charge >= 0.3 is 0 Å². The molecule has 1 aliphatic carbocycles. The number of rotatable bonds is 4. The minimum atomic E-state index is -0.405. The van der Waals surface area contributed by atoms with Crippen molar-refractivity contribution in [3.63, 3.8) is 0 Å². The third-order valence-corrected chi connectivity index (χ3v) is 4.31. The molecule has 0 aliphatic heterocycles. The first-order valence-corrected chi connectivity index (χ1v) is 7.35. The van der Waals surface area contributed by atoms with Crippen molar-refractivity contribution >= 4 is 12.0 Å². The summed E-state index contributed by atoms with van der Waals surface area (Å²) in [4.78, 5) is 11.7. The van der Waals surface area contributed by atoms with Crippen LogP contribution in [0.1, 0.15) is 46.3 Å². The smallest absolute Gasteiger partial charge is 0.249 e. The Bertz CT molecular complexity index is 601. The average molecular weight is 285 g/mol. The van der Waals surface area contributed by atoms with Crippen LogP contribution in [0.4, 0.5) is 0 Å². The first-order valence-electron chi connectivity index (χ1n) is 7.35. The number of primary amides is 1. The van der Waals surface area contributed by atoms with Gasteiger partial charge in [-0.2, -0.15) is 0 Å². The summed E-state index contributed by atoms with van der Waals surface area (Å²) in [7, 11) is 0. The SMILES string of the molecule is C=C(/C=C\c1c(C)ccc(C)c1C(N)=O)C1CCC(O)C1. The molecule has 1 saturated carbocycles. The van der Waals surface area contributed by atoms with Crippen molar-refractivity contribution in [1.29, 1.82) is 0 Å². The molecule has 0 bridgehead atoms. The quantitative estimate of drug-likeness (QED) is 0.835. The predicted molar refractivity (Wildman–Crippen MR) is 86.0 cm³/mol. The molecular formula is C18H23NO2. The lowest BCUT2D eigenvalue weighted by Gasteiger charge is -2.12. The van der Waals surface area contributed by atoms with E-state index in [0.29, 0.717) is 11.5 Å². The highest BCUT2D eigenvalue weighted by Gasteiger charge is 2.23. The van der Waals surface area contributed by atoms with E-state index in [4.69, 9.17) is 5.73 Å². The number of aryl methyl sites for hydroxylation is 2. The Morgan fingerprint density at radius 1 is 1.33 bits per heavy atom. The van der Waals surface area contributed by atoms with E-state index >= 15 is 0 Å². The summed E-state index contributed by atoms with van der Waals surface area (Å²) in [5, 5.41) is 9.60. The average Bonchev–Trinajstić information content (AvgIpc) is 2.85. The zero-order valence-electron chi connectivity index (χ0n) is 12.7. The molecule has 0 spiro atoms. The van der Waals surface area contributed by atoms with Crippen molar-refractivity contribution in [2.75, 3.05) is 0 Å². The van der Waals surface area contributed by atoms with Crippen LogP contribution in [-0.4, -0.2) is 17.1 Å². The number of hydrogen-bond donors (Lipinski definition) is 2. The predicted octanol–water partition coefficient (Wildman–Crippen LogP) is 3.13. The van der Waals surface area contributed by atoms with Crippen LogP contribution in [0.5, 0.6) is 0 Å². The second kappa shape index (κ2) is 6.27. The molecule has 2 atom stereocenters. The molecule has 21 heavy (non-hydrogen) atoms. The van der Waals surface area contributed by atoms with Gasteiger partial charge < -0.3 is 10.8 Å². The van der Waals surface area contributed by atoms with E-state index < -0.39 is 5.91 Å². The minimum absolute atomic E-state index is 0.206. The van der Waals surface area contributed by atoms with E-state index in [-0.39, 0.29) is 6.10 Å². The number of nitrogens with two attached hydrogens (primary N) is 1. The zero-order valence-corrected chi connectivity index (χ0v) is 12.7. The Kier molecular flexibility index (Phi) is 4.63. The maximum Gasteiger partial charge on any atom is 0.249 e. The summed E-state index contributed by atoms with van der Waals surface area (Å²) in [6, 6.07) is 3.90. The summed E-state index contributed by atoms with van der Waals surface area (Å²) >= 11 is 0. The standard InChI is InChI=1S/C18H23NO2/c1-11(14-7-8-15(20)10-14)6-9-16-12(2)4-5-13(3)17(16)18(19)21/h4-6,9,14-15,20H,1,7-8,10H2,2-3H3,(H2,19,21)/b9-6-. The number of hydrogen-bond acceptors (Lipinski definition) is 2. The molecule has 1 amide bonds. The Morgan fingerprint density at radius 2 is 2.00 bits per heavy atom. The summed E-state index contributed by atoms with van der Waals surface area (Å²) in [5.41, 5.74) is 9.85. The molecule has 3 nitrogen and oxygen atoms in total. The lowest BCUT2D eigenvalue weighted by molar-refractivity contribution is 0.0999. The van der Waals surface area contributed by atoms with Crippen LogP contribution in [-0.2, 0) is 0 Å². The molecule has 2 unspecified atom stereocenters. The lowest BCUT2D eigenvalue weighted by Crippen LogP contribution is -2.15. The summed E-state index contributed by atoms with van der Waals surface area (Å²) in [6.07, 6.45) is 6.26. The highest BCUT2D eigenvalue weighted by molar-refractivity contribution is 5.98. The second-order valence-corrected chi connectivity index (χ2v) is 5.92. The van der Waals surface area contributed by atoms with E-state index in [0.717, 1.165) is 41.5 Å². The fourth-order valence-electron chi connectivity index (χ4n) is 3.00. The molecule has 3 heteroatoms. The molecule has 2 rings (SSSR count). The largest absolute Gasteiger partial charge is 0.393 e. The van der Waals surface area contributed by atoms with Crippen molar-refractivity contribution in [1.82, 2.24) is 0 Å². The van der Waals surface area contributed by atoms with Crippen molar-refractivity contribution in [2.24, 2.45) is 11.7 Å². The summed E-state index contributed by atoms with van der Waals surface area (Å²) in [6.45, 7) is 7.95. The number of benzene rings is 1. The normalized spacial score (nSPS) is 21.9. The fraction of sp³-hybridized carbons (Fsp3) is 0.389. The molecule has 1 aromatic rings. The maximum absolute atomic E-state index is 11.7. The Morgan fingerprint density at radius 3 is 2.57 bits per heavy atom. The van der Waals surface area contributed by atoms with E-state index in [9.17, 15) is 9.90 Å². The van der Waals surface area contributed by atoms with E-state index in [2.05, 4.69) is 6.58 Å². The highest BCUT2D eigenvalue weighted by Crippen LogP contribution is 2.32. The molecule has 1 aromatic carbocycles. The van der Waals surface area contributed by atoms with Gasteiger partial charge in [-0.3, -0.25) is 4.79 Å². The Labute approximate surface area is 126 Å². The molecule has 0 radical (unpaired) electrons. The monoisotopic (exact) mass is 285 g/mol. The van der Waals surface area contributed by atoms with Crippen LogP contribution in [0.25, 0.3) is 6.08 Å². The number of aliphatic hydroxyl groups is 1. The van der Waals surface area contributed by atoms with Gasteiger partial charge in [0.25, 0.3) is 0 Å². The molecule has 112 valence electrons. The number of amides is 1. The zero-order chi connectivity index (χ0) is 15.6. The highest BCUT2D eigenvalue weighted by atomic mass is 16.3. The van der Waals surface area contributed by atoms with Gasteiger partial charge in [0.05, 0.1) is 6.10 Å². The minimum Gasteiger partial charge on any atom is -0.393 e. The van der Waals surface area contributed by atoms with Gasteiger partial charge in [-0.1, -0.05) is 36.4 Å². The number of carbonyl (C=O) groups is 1. The van der Waals surface area contributed by atoms with Crippen LogP contribution < -0.4 is 5.73 Å². The van der Waals surface area contributed by atoms with Crippen molar-refractivity contribution in [2.45, 2.75) is 39.2 Å². The van der Waals surface area contributed by atoms with Crippen LogP contribution in [0, 0.1) is 19.8 Å². The third kappa shape index (κ3) is 3.42. The molecule has 3 N–H and O–H groups in total. The maximum atomic E-state index is 11.7. The summed E-state index contributed by atoms with van der Waals surface area (Å²) < 4.78 is 0. The van der Waals surface area contributed by atoms with Crippen LogP contribution in [0.15, 0.2) is 30.4 Å². The van der Waals surface area contributed by atoms with E-state index in [1.54, 1.807) is 0 Å². The van der Waals surface area contributed by atoms with E-state index in [1.165, 1.54) is 0 Å². The third-order valence-electron chi connectivity index (χ3n) is 4.31. The van der Waals surface area contributed by atoms with Gasteiger partial charge in [-0.25, -0.2) is 0 Å². The van der Waals surface area contributed by atoms with Gasteiger partial charge in [0.1, 0.15) is 0 Å².